The lowest BCUT2D eigenvalue weighted by Crippen LogP contribution is -2.27. The molecule has 0 saturated heterocycles. The highest BCUT2D eigenvalue weighted by molar-refractivity contribution is 5.38. The Morgan fingerprint density at radius 1 is 1.18 bits per heavy atom. The fourth-order valence-corrected chi connectivity index (χ4v) is 3.25. The minimum absolute atomic E-state index is 0.310. The van der Waals surface area contributed by atoms with Crippen molar-refractivity contribution < 1.29 is 0 Å². The molecule has 0 aliphatic carbocycles. The largest absolute Gasteiger partial charge is 0.329 e. The van der Waals surface area contributed by atoms with E-state index in [-0.39, 0.29) is 0 Å². The third-order valence-corrected chi connectivity index (χ3v) is 4.24. The van der Waals surface area contributed by atoms with Gasteiger partial charge in [0, 0.05) is 44.6 Å². The highest BCUT2D eigenvalue weighted by atomic mass is 15.2. The molecule has 22 heavy (non-hydrogen) atoms. The smallest absolute Gasteiger partial charge is 0.0480 e. The van der Waals surface area contributed by atoms with Gasteiger partial charge in [-0.15, -0.1) is 0 Å². The maximum absolute atomic E-state index is 6.08. The maximum Gasteiger partial charge on any atom is 0.0480 e. The quantitative estimate of drug-likeness (QED) is 0.918. The lowest BCUT2D eigenvalue weighted by Gasteiger charge is -2.24. The minimum atomic E-state index is 0.310. The van der Waals surface area contributed by atoms with Gasteiger partial charge in [-0.1, -0.05) is 18.2 Å². The summed E-state index contributed by atoms with van der Waals surface area (Å²) in [6, 6.07) is 11.3. The molecule has 2 N–H and O–H groups in total. The number of benzene rings is 1. The standard InChI is InChI=1S/C18H24N4/c1-21(2)11-15-3-4-16-13-22(18(10-19)17(16)9-15)12-14-5-7-20-8-6-14/h3-9,18H,10-13,19H2,1-2H3. The maximum atomic E-state index is 6.08. The predicted octanol–water partition coefficient (Wildman–Crippen LogP) is 2.16. The molecule has 3 rings (SSSR count). The van der Waals surface area contributed by atoms with Crippen LogP contribution >= 0.6 is 0 Å². The molecular formula is C18H24N4. The molecule has 0 fully saturated rings. The van der Waals surface area contributed by atoms with Crippen molar-refractivity contribution in [1.29, 1.82) is 0 Å². The summed E-state index contributed by atoms with van der Waals surface area (Å²) in [6.07, 6.45) is 3.70. The molecule has 0 bridgehead atoms. The Morgan fingerprint density at radius 3 is 2.64 bits per heavy atom. The third kappa shape index (κ3) is 3.19. The predicted molar refractivity (Wildman–Crippen MR) is 89.1 cm³/mol. The molecule has 1 aromatic heterocycles. The van der Waals surface area contributed by atoms with Gasteiger partial charge in [-0.05, 0) is 48.5 Å². The van der Waals surface area contributed by atoms with Gasteiger partial charge in [0.15, 0.2) is 0 Å². The SMILES string of the molecule is CN(C)Cc1ccc2c(c1)C(CN)N(Cc1ccncc1)C2. The van der Waals surface area contributed by atoms with Crippen molar-refractivity contribution in [3.8, 4) is 0 Å². The van der Waals surface area contributed by atoms with E-state index in [4.69, 9.17) is 5.73 Å². The third-order valence-electron chi connectivity index (χ3n) is 4.24. The number of hydrogen-bond acceptors (Lipinski definition) is 4. The van der Waals surface area contributed by atoms with Gasteiger partial charge >= 0.3 is 0 Å². The second kappa shape index (κ2) is 6.57. The Kier molecular flexibility index (Phi) is 4.52. The van der Waals surface area contributed by atoms with Crippen LogP contribution in [0.15, 0.2) is 42.7 Å². The van der Waals surface area contributed by atoms with E-state index in [0.717, 1.165) is 19.6 Å². The van der Waals surface area contributed by atoms with E-state index in [0.29, 0.717) is 12.6 Å². The monoisotopic (exact) mass is 296 g/mol. The van der Waals surface area contributed by atoms with Crippen molar-refractivity contribution in [2.75, 3.05) is 20.6 Å². The number of pyridine rings is 1. The highest BCUT2D eigenvalue weighted by Crippen LogP contribution is 2.34. The first-order valence-electron chi connectivity index (χ1n) is 7.77. The summed E-state index contributed by atoms with van der Waals surface area (Å²) in [6.45, 7) is 3.52. The van der Waals surface area contributed by atoms with Crippen molar-refractivity contribution in [3.63, 3.8) is 0 Å². The van der Waals surface area contributed by atoms with Gasteiger partial charge in [0.05, 0.1) is 0 Å². The lowest BCUT2D eigenvalue weighted by atomic mass is 10.0. The molecule has 1 aromatic carbocycles. The van der Waals surface area contributed by atoms with Gasteiger partial charge in [-0.25, -0.2) is 0 Å². The van der Waals surface area contributed by atoms with Crippen LogP contribution in [0.1, 0.15) is 28.3 Å². The lowest BCUT2D eigenvalue weighted by molar-refractivity contribution is 0.211. The van der Waals surface area contributed by atoms with E-state index in [1.807, 2.05) is 12.4 Å². The van der Waals surface area contributed by atoms with E-state index < -0.39 is 0 Å². The van der Waals surface area contributed by atoms with E-state index in [9.17, 15) is 0 Å². The van der Waals surface area contributed by atoms with E-state index >= 15 is 0 Å². The van der Waals surface area contributed by atoms with Crippen LogP contribution in [-0.4, -0.2) is 35.4 Å². The Morgan fingerprint density at radius 2 is 1.95 bits per heavy atom. The molecule has 2 heterocycles. The first-order valence-corrected chi connectivity index (χ1v) is 7.77. The van der Waals surface area contributed by atoms with Gasteiger partial charge in [-0.2, -0.15) is 0 Å². The number of aromatic nitrogens is 1. The summed E-state index contributed by atoms with van der Waals surface area (Å²) in [7, 11) is 4.20. The van der Waals surface area contributed by atoms with Gasteiger partial charge in [0.1, 0.15) is 0 Å². The van der Waals surface area contributed by atoms with Crippen LogP contribution in [0.4, 0.5) is 0 Å². The molecule has 4 heteroatoms. The first kappa shape index (κ1) is 15.2. The Hall–Kier alpha value is -1.75. The van der Waals surface area contributed by atoms with Gasteiger partial charge in [0.2, 0.25) is 0 Å². The number of fused-ring (bicyclic) bond motifs is 1. The van der Waals surface area contributed by atoms with Crippen LogP contribution in [0.3, 0.4) is 0 Å². The molecule has 116 valence electrons. The zero-order valence-corrected chi connectivity index (χ0v) is 13.4. The topological polar surface area (TPSA) is 45.4 Å². The molecule has 0 amide bonds. The van der Waals surface area contributed by atoms with Gasteiger partial charge in [-0.3, -0.25) is 9.88 Å². The van der Waals surface area contributed by atoms with E-state index in [2.05, 4.69) is 59.2 Å². The van der Waals surface area contributed by atoms with E-state index in [1.54, 1.807) is 0 Å². The van der Waals surface area contributed by atoms with Gasteiger partial charge in [0.25, 0.3) is 0 Å². The molecule has 0 spiro atoms. The summed E-state index contributed by atoms with van der Waals surface area (Å²) < 4.78 is 0. The van der Waals surface area contributed by atoms with Crippen molar-refractivity contribution in [3.05, 3.63) is 65.0 Å². The number of nitrogens with two attached hydrogens (primary N) is 1. The molecule has 1 atom stereocenters. The summed E-state index contributed by atoms with van der Waals surface area (Å²) >= 11 is 0. The fourth-order valence-electron chi connectivity index (χ4n) is 3.25. The first-order chi connectivity index (χ1) is 10.7. The fraction of sp³-hybridized carbons (Fsp3) is 0.389. The van der Waals surface area contributed by atoms with Crippen LogP contribution < -0.4 is 5.73 Å². The molecule has 1 aliphatic heterocycles. The van der Waals surface area contributed by atoms with Crippen molar-refractivity contribution in [1.82, 2.24) is 14.8 Å². The normalized spacial score (nSPS) is 17.9. The average Bonchev–Trinajstić information content (AvgIpc) is 2.84. The van der Waals surface area contributed by atoms with Crippen LogP contribution in [0, 0.1) is 0 Å². The van der Waals surface area contributed by atoms with Gasteiger partial charge < -0.3 is 10.6 Å². The zero-order chi connectivity index (χ0) is 15.5. The van der Waals surface area contributed by atoms with Crippen molar-refractivity contribution >= 4 is 0 Å². The van der Waals surface area contributed by atoms with Crippen LogP contribution in [0.2, 0.25) is 0 Å². The Bertz CT molecular complexity index is 624. The number of hydrogen-bond donors (Lipinski definition) is 1. The van der Waals surface area contributed by atoms with Crippen LogP contribution in [-0.2, 0) is 19.6 Å². The average molecular weight is 296 g/mol. The summed E-state index contributed by atoms with van der Waals surface area (Å²) in [5, 5.41) is 0. The second-order valence-electron chi connectivity index (χ2n) is 6.28. The Labute approximate surface area is 132 Å². The second-order valence-corrected chi connectivity index (χ2v) is 6.28. The zero-order valence-electron chi connectivity index (χ0n) is 13.4. The van der Waals surface area contributed by atoms with Crippen LogP contribution in [0.5, 0.6) is 0 Å². The minimum Gasteiger partial charge on any atom is -0.329 e. The summed E-state index contributed by atoms with van der Waals surface area (Å²) in [5.74, 6) is 0. The highest BCUT2D eigenvalue weighted by Gasteiger charge is 2.29. The van der Waals surface area contributed by atoms with Crippen molar-refractivity contribution in [2.24, 2.45) is 5.73 Å². The molecule has 0 radical (unpaired) electrons. The number of nitrogens with zero attached hydrogens (tertiary/aromatic N) is 3. The molecule has 2 aromatic rings. The molecular weight excluding hydrogens is 272 g/mol. The molecule has 1 unspecified atom stereocenters. The van der Waals surface area contributed by atoms with E-state index in [1.165, 1.54) is 22.3 Å². The molecule has 0 saturated carbocycles. The summed E-state index contributed by atoms with van der Waals surface area (Å²) in [4.78, 5) is 8.74. The molecule has 4 nitrogen and oxygen atoms in total. The summed E-state index contributed by atoms with van der Waals surface area (Å²) in [5.41, 5.74) is 11.5. The van der Waals surface area contributed by atoms with Crippen LogP contribution in [0.25, 0.3) is 0 Å². The number of rotatable bonds is 5. The Balaban J connectivity index is 1.81. The molecule has 1 aliphatic rings. The van der Waals surface area contributed by atoms with Crippen molar-refractivity contribution in [2.45, 2.75) is 25.7 Å².